The van der Waals surface area contributed by atoms with E-state index in [1.54, 1.807) is 6.20 Å². The molecule has 128 valence electrons. The minimum Gasteiger partial charge on any atom is -0.388 e. The molecule has 1 aliphatic heterocycles. The first kappa shape index (κ1) is 15.8. The first-order valence-corrected chi connectivity index (χ1v) is 8.05. The number of nitrogens with zero attached hydrogens (tertiary/aromatic N) is 1. The molecule has 3 heterocycles. The number of benzene rings is 1. The van der Waals surface area contributed by atoms with E-state index >= 15 is 0 Å². The number of hydrogen-bond acceptors (Lipinski definition) is 5. The van der Waals surface area contributed by atoms with Gasteiger partial charge in [0.05, 0.1) is 18.4 Å². The molecule has 5 N–H and O–H groups in total. The lowest BCUT2D eigenvalue weighted by Crippen LogP contribution is -2.30. The summed E-state index contributed by atoms with van der Waals surface area (Å²) in [5.74, 6) is 0. The lowest BCUT2D eigenvalue weighted by atomic mass is 10.0. The Morgan fingerprint density at radius 1 is 1.08 bits per heavy atom. The van der Waals surface area contributed by atoms with E-state index in [2.05, 4.69) is 20.3 Å². The zero-order valence-electron chi connectivity index (χ0n) is 13.3. The van der Waals surface area contributed by atoms with E-state index in [1.807, 2.05) is 42.5 Å². The van der Waals surface area contributed by atoms with Crippen LogP contribution in [0.4, 0.5) is 0 Å². The number of fused-ring (bicyclic) bond motifs is 1. The number of aliphatic hydroxyl groups excluding tert-OH is 2. The van der Waals surface area contributed by atoms with Gasteiger partial charge < -0.3 is 20.2 Å². The molecule has 2 aromatic heterocycles. The third-order valence-electron chi connectivity index (χ3n) is 4.56. The first-order valence-electron chi connectivity index (χ1n) is 8.05. The summed E-state index contributed by atoms with van der Waals surface area (Å²) >= 11 is 0. The summed E-state index contributed by atoms with van der Waals surface area (Å²) < 4.78 is 0. The third-order valence-corrected chi connectivity index (χ3v) is 4.56. The van der Waals surface area contributed by atoms with Gasteiger partial charge in [0.2, 0.25) is 0 Å². The van der Waals surface area contributed by atoms with Crippen LogP contribution in [0, 0.1) is 0 Å². The van der Waals surface area contributed by atoms with Crippen molar-refractivity contribution in [2.45, 2.75) is 24.3 Å². The summed E-state index contributed by atoms with van der Waals surface area (Å²) in [6.07, 6.45) is 4.73. The summed E-state index contributed by atoms with van der Waals surface area (Å²) in [7, 11) is 0. The van der Waals surface area contributed by atoms with Crippen LogP contribution in [-0.2, 0) is 0 Å². The lowest BCUT2D eigenvalue weighted by molar-refractivity contribution is 0.0334. The van der Waals surface area contributed by atoms with Gasteiger partial charge in [0.15, 0.2) is 0 Å². The van der Waals surface area contributed by atoms with Crippen LogP contribution in [0.3, 0.4) is 0 Å². The summed E-state index contributed by atoms with van der Waals surface area (Å²) in [6, 6.07) is 8.79. The van der Waals surface area contributed by atoms with Gasteiger partial charge in [0.25, 0.3) is 5.56 Å². The van der Waals surface area contributed by atoms with E-state index in [1.165, 1.54) is 6.33 Å². The second kappa shape index (κ2) is 6.29. The van der Waals surface area contributed by atoms with Crippen molar-refractivity contribution < 1.29 is 10.2 Å². The Morgan fingerprint density at radius 2 is 1.88 bits per heavy atom. The molecule has 7 nitrogen and oxygen atoms in total. The van der Waals surface area contributed by atoms with E-state index in [0.717, 1.165) is 5.56 Å². The molecule has 1 saturated heterocycles. The first-order chi connectivity index (χ1) is 12.1. The van der Waals surface area contributed by atoms with Gasteiger partial charge >= 0.3 is 0 Å². The quantitative estimate of drug-likeness (QED) is 0.482. The minimum absolute atomic E-state index is 0.273. The molecule has 4 rings (SSSR count). The van der Waals surface area contributed by atoms with Crippen molar-refractivity contribution >= 4 is 17.1 Å². The van der Waals surface area contributed by atoms with Gasteiger partial charge in [-0.05, 0) is 5.56 Å². The highest BCUT2D eigenvalue weighted by molar-refractivity contribution is 5.78. The van der Waals surface area contributed by atoms with Crippen LogP contribution in [0.1, 0.15) is 17.2 Å². The molecule has 1 fully saturated rings. The van der Waals surface area contributed by atoms with Gasteiger partial charge in [-0.25, -0.2) is 4.98 Å². The highest BCUT2D eigenvalue weighted by atomic mass is 16.3. The Hall–Kier alpha value is -2.74. The van der Waals surface area contributed by atoms with E-state index < -0.39 is 24.3 Å². The van der Waals surface area contributed by atoms with Gasteiger partial charge in [-0.15, -0.1) is 0 Å². The topological polar surface area (TPSA) is 114 Å². The smallest absolute Gasteiger partial charge is 0.275 e. The van der Waals surface area contributed by atoms with Crippen molar-refractivity contribution in [3.05, 3.63) is 70.4 Å². The zero-order valence-corrected chi connectivity index (χ0v) is 13.3. The second-order valence-corrected chi connectivity index (χ2v) is 6.12. The van der Waals surface area contributed by atoms with E-state index in [-0.39, 0.29) is 5.56 Å². The number of aromatic nitrogens is 3. The molecular formula is C18H18N4O3. The van der Waals surface area contributed by atoms with Crippen LogP contribution in [-0.4, -0.2) is 43.4 Å². The SMILES string of the molecule is O=c1[nH]cnc2c([C@@H]3N[C@H](/C=C\c4ccccc4)[C@@H](O)[C@H]3O)c[nH]c12. The molecule has 1 aromatic carbocycles. The van der Waals surface area contributed by atoms with E-state index in [0.29, 0.717) is 16.6 Å². The largest absolute Gasteiger partial charge is 0.388 e. The van der Waals surface area contributed by atoms with Crippen LogP contribution in [0.5, 0.6) is 0 Å². The maximum atomic E-state index is 11.8. The fourth-order valence-electron chi connectivity index (χ4n) is 3.24. The number of nitrogens with one attached hydrogen (secondary N) is 3. The number of rotatable bonds is 3. The Morgan fingerprint density at radius 3 is 2.68 bits per heavy atom. The van der Waals surface area contributed by atoms with Crippen molar-refractivity contribution in [1.82, 2.24) is 20.3 Å². The molecule has 4 atom stereocenters. The van der Waals surface area contributed by atoms with Crippen LogP contribution in [0.25, 0.3) is 17.1 Å². The second-order valence-electron chi connectivity index (χ2n) is 6.12. The van der Waals surface area contributed by atoms with E-state index in [9.17, 15) is 15.0 Å². The third kappa shape index (κ3) is 2.78. The van der Waals surface area contributed by atoms with Crippen LogP contribution in [0.15, 0.2) is 53.7 Å². The van der Waals surface area contributed by atoms with Crippen molar-refractivity contribution in [2.24, 2.45) is 0 Å². The van der Waals surface area contributed by atoms with Crippen LogP contribution in [0.2, 0.25) is 0 Å². The Balaban J connectivity index is 1.62. The van der Waals surface area contributed by atoms with Crippen molar-refractivity contribution in [2.75, 3.05) is 0 Å². The summed E-state index contributed by atoms with van der Waals surface area (Å²) in [5, 5.41) is 24.0. The lowest BCUT2D eigenvalue weighted by Gasteiger charge is -2.14. The fourth-order valence-corrected chi connectivity index (χ4v) is 3.24. The van der Waals surface area contributed by atoms with Crippen molar-refractivity contribution in [3.63, 3.8) is 0 Å². The minimum atomic E-state index is -1.01. The standard InChI is InChI=1S/C18H18N4O3/c23-16-12(7-6-10-4-2-1-3-5-10)22-14(17(16)24)11-8-19-15-13(11)20-9-21-18(15)25/h1-9,12,14,16-17,19,22-24H,(H,20,21,25)/b7-6-/t12-,14+,16-,17+/m1/s1. The summed E-state index contributed by atoms with van der Waals surface area (Å²) in [5.41, 5.74) is 2.23. The Kier molecular flexibility index (Phi) is 3.96. The molecule has 0 radical (unpaired) electrons. The normalized spacial score (nSPS) is 26.6. The molecule has 0 bridgehead atoms. The Bertz CT molecular complexity index is 963. The van der Waals surface area contributed by atoms with Crippen molar-refractivity contribution in [1.29, 1.82) is 0 Å². The maximum absolute atomic E-state index is 11.8. The predicted molar refractivity (Wildman–Crippen MR) is 93.9 cm³/mol. The maximum Gasteiger partial charge on any atom is 0.275 e. The average Bonchev–Trinajstić information content (AvgIpc) is 3.18. The molecule has 7 heteroatoms. The number of aromatic amines is 2. The summed E-state index contributed by atoms with van der Waals surface area (Å²) in [6.45, 7) is 0. The predicted octanol–water partition coefficient (Wildman–Crippen LogP) is 0.699. The van der Waals surface area contributed by atoms with Crippen LogP contribution < -0.4 is 10.9 Å². The molecule has 0 amide bonds. The molecule has 0 saturated carbocycles. The number of aliphatic hydroxyl groups is 2. The fraction of sp³-hybridized carbons (Fsp3) is 0.222. The van der Waals surface area contributed by atoms with E-state index in [4.69, 9.17) is 0 Å². The highest BCUT2D eigenvalue weighted by Crippen LogP contribution is 2.31. The van der Waals surface area contributed by atoms with Gasteiger partial charge in [-0.3, -0.25) is 10.1 Å². The summed E-state index contributed by atoms with van der Waals surface area (Å²) in [4.78, 5) is 21.4. The zero-order chi connectivity index (χ0) is 17.4. The number of hydrogen-bond donors (Lipinski definition) is 5. The van der Waals surface area contributed by atoms with Gasteiger partial charge in [-0.2, -0.15) is 0 Å². The monoisotopic (exact) mass is 338 g/mol. The molecule has 0 aliphatic carbocycles. The molecule has 25 heavy (non-hydrogen) atoms. The molecular weight excluding hydrogens is 320 g/mol. The molecule has 0 spiro atoms. The highest BCUT2D eigenvalue weighted by Gasteiger charge is 2.41. The van der Waals surface area contributed by atoms with Crippen molar-refractivity contribution in [3.8, 4) is 0 Å². The Labute approximate surface area is 143 Å². The number of H-pyrrole nitrogens is 2. The molecule has 1 aliphatic rings. The van der Waals surface area contributed by atoms with Crippen LogP contribution >= 0.6 is 0 Å². The molecule has 3 aromatic rings. The van der Waals surface area contributed by atoms with Gasteiger partial charge in [0, 0.05) is 11.8 Å². The van der Waals surface area contributed by atoms with Gasteiger partial charge in [0.1, 0.15) is 23.2 Å². The average molecular weight is 338 g/mol. The molecule has 0 unspecified atom stereocenters. The van der Waals surface area contributed by atoms with Gasteiger partial charge in [-0.1, -0.05) is 42.5 Å².